The second-order valence-electron chi connectivity index (χ2n) is 4.33. The molecule has 1 N–H and O–H groups in total. The van der Waals surface area contributed by atoms with Crippen LogP contribution in [0.2, 0.25) is 0 Å². The van der Waals surface area contributed by atoms with E-state index in [9.17, 15) is 0 Å². The van der Waals surface area contributed by atoms with E-state index in [1.807, 2.05) is 31.9 Å². The first-order chi connectivity index (χ1) is 8.11. The smallest absolute Gasteiger partial charge is 0.0973 e. The largest absolute Gasteiger partial charge is 0.319 e. The van der Waals surface area contributed by atoms with Gasteiger partial charge in [-0.05, 0) is 14.0 Å². The van der Waals surface area contributed by atoms with Gasteiger partial charge in [0.15, 0.2) is 0 Å². The summed E-state index contributed by atoms with van der Waals surface area (Å²) in [6.45, 7) is 5.17. The summed E-state index contributed by atoms with van der Waals surface area (Å²) in [6.07, 6.45) is 2.02. The Labute approximate surface area is 106 Å². The van der Waals surface area contributed by atoms with Crippen molar-refractivity contribution in [3.8, 4) is 11.3 Å². The molecular weight excluding hydrogens is 232 g/mol. The highest BCUT2D eigenvalue weighted by molar-refractivity contribution is 7.10. The van der Waals surface area contributed by atoms with Gasteiger partial charge in [0.25, 0.3) is 0 Å². The molecule has 2 rings (SSSR count). The number of nitrogens with zero attached hydrogens (tertiary/aromatic N) is 3. The SMILES string of the molecule is CNCC(C)c1nc(-c2cn(C)nc2C)cs1. The molecule has 0 radical (unpaired) electrons. The molecule has 1 atom stereocenters. The summed E-state index contributed by atoms with van der Waals surface area (Å²) in [5.74, 6) is 0.454. The predicted octanol–water partition coefficient (Wildman–Crippen LogP) is 2.17. The van der Waals surface area contributed by atoms with Gasteiger partial charge in [-0.1, -0.05) is 6.92 Å². The van der Waals surface area contributed by atoms with Gasteiger partial charge in [-0.3, -0.25) is 4.68 Å². The lowest BCUT2D eigenvalue weighted by molar-refractivity contribution is 0.674. The van der Waals surface area contributed by atoms with Crippen LogP contribution < -0.4 is 5.32 Å². The summed E-state index contributed by atoms with van der Waals surface area (Å²) >= 11 is 1.72. The van der Waals surface area contributed by atoms with Gasteiger partial charge in [-0.25, -0.2) is 4.98 Å². The van der Waals surface area contributed by atoms with Gasteiger partial charge < -0.3 is 5.32 Å². The van der Waals surface area contributed by atoms with Crippen molar-refractivity contribution >= 4 is 11.3 Å². The van der Waals surface area contributed by atoms with Crippen molar-refractivity contribution in [2.75, 3.05) is 13.6 Å². The van der Waals surface area contributed by atoms with Crippen molar-refractivity contribution < 1.29 is 0 Å². The van der Waals surface area contributed by atoms with E-state index in [2.05, 4.69) is 22.7 Å². The minimum atomic E-state index is 0.454. The lowest BCUT2D eigenvalue weighted by Gasteiger charge is -2.05. The molecule has 92 valence electrons. The van der Waals surface area contributed by atoms with Crippen molar-refractivity contribution in [1.82, 2.24) is 20.1 Å². The van der Waals surface area contributed by atoms with Gasteiger partial charge in [0.2, 0.25) is 0 Å². The summed E-state index contributed by atoms with van der Waals surface area (Å²) in [5, 5.41) is 10.8. The van der Waals surface area contributed by atoms with Crippen molar-refractivity contribution in [2.45, 2.75) is 19.8 Å². The molecule has 0 aromatic carbocycles. The van der Waals surface area contributed by atoms with Crippen molar-refractivity contribution in [1.29, 1.82) is 0 Å². The maximum Gasteiger partial charge on any atom is 0.0973 e. The van der Waals surface area contributed by atoms with Crippen LogP contribution in [0.1, 0.15) is 23.5 Å². The van der Waals surface area contributed by atoms with Crippen LogP contribution >= 0.6 is 11.3 Å². The fraction of sp³-hybridized carbons (Fsp3) is 0.500. The Morgan fingerprint density at radius 3 is 2.88 bits per heavy atom. The molecule has 2 aromatic heterocycles. The van der Waals surface area contributed by atoms with E-state index < -0.39 is 0 Å². The van der Waals surface area contributed by atoms with Crippen molar-refractivity contribution in [2.24, 2.45) is 7.05 Å². The van der Waals surface area contributed by atoms with Gasteiger partial charge in [0.05, 0.1) is 16.4 Å². The number of nitrogens with one attached hydrogen (secondary N) is 1. The summed E-state index contributed by atoms with van der Waals surface area (Å²) in [7, 11) is 3.91. The predicted molar refractivity (Wildman–Crippen MR) is 71.4 cm³/mol. The van der Waals surface area contributed by atoms with Crippen LogP contribution in [0.5, 0.6) is 0 Å². The zero-order valence-corrected chi connectivity index (χ0v) is 11.5. The molecule has 0 aliphatic heterocycles. The van der Waals surface area contributed by atoms with Crippen LogP contribution in [0.15, 0.2) is 11.6 Å². The summed E-state index contributed by atoms with van der Waals surface area (Å²) in [6, 6.07) is 0. The standard InChI is InChI=1S/C12H18N4S/c1-8(5-13-3)12-14-11(7-17-12)10-6-16(4)15-9(10)2/h6-8,13H,5H2,1-4H3. The molecule has 0 fully saturated rings. The number of rotatable bonds is 4. The minimum Gasteiger partial charge on any atom is -0.319 e. The normalized spacial score (nSPS) is 12.9. The van der Waals surface area contributed by atoms with Gasteiger partial charge in [-0.2, -0.15) is 5.10 Å². The fourth-order valence-corrected chi connectivity index (χ4v) is 2.76. The summed E-state index contributed by atoms with van der Waals surface area (Å²) in [5.41, 5.74) is 3.20. The molecule has 0 aliphatic rings. The van der Waals surface area contributed by atoms with E-state index in [4.69, 9.17) is 4.98 Å². The van der Waals surface area contributed by atoms with Crippen LogP contribution in [0, 0.1) is 6.92 Å². The molecule has 0 amide bonds. The molecule has 0 saturated heterocycles. The zero-order valence-electron chi connectivity index (χ0n) is 10.7. The molecule has 4 nitrogen and oxygen atoms in total. The molecule has 5 heteroatoms. The van der Waals surface area contributed by atoms with E-state index >= 15 is 0 Å². The highest BCUT2D eigenvalue weighted by Crippen LogP contribution is 2.27. The quantitative estimate of drug-likeness (QED) is 0.904. The second-order valence-corrected chi connectivity index (χ2v) is 5.22. The molecule has 1 unspecified atom stereocenters. The molecule has 0 saturated carbocycles. The maximum absolute atomic E-state index is 4.70. The summed E-state index contributed by atoms with van der Waals surface area (Å²) in [4.78, 5) is 4.70. The van der Waals surface area contributed by atoms with Crippen LogP contribution in [-0.4, -0.2) is 28.4 Å². The Bertz CT molecular complexity index is 500. The van der Waals surface area contributed by atoms with Gasteiger partial charge >= 0.3 is 0 Å². The average Bonchev–Trinajstić information content (AvgIpc) is 2.85. The highest BCUT2D eigenvalue weighted by atomic mass is 32.1. The van der Waals surface area contributed by atoms with E-state index in [1.54, 1.807) is 11.3 Å². The Kier molecular flexibility index (Phi) is 3.59. The van der Waals surface area contributed by atoms with E-state index in [0.29, 0.717) is 5.92 Å². The average molecular weight is 250 g/mol. The minimum absolute atomic E-state index is 0.454. The van der Waals surface area contributed by atoms with E-state index in [-0.39, 0.29) is 0 Å². The fourth-order valence-electron chi connectivity index (χ4n) is 1.88. The number of thiazole rings is 1. The summed E-state index contributed by atoms with van der Waals surface area (Å²) < 4.78 is 1.83. The van der Waals surface area contributed by atoms with Crippen LogP contribution in [0.3, 0.4) is 0 Å². The van der Waals surface area contributed by atoms with E-state index in [1.165, 1.54) is 5.01 Å². The first kappa shape index (κ1) is 12.3. The third kappa shape index (κ3) is 2.56. The first-order valence-electron chi connectivity index (χ1n) is 5.72. The van der Waals surface area contributed by atoms with Crippen LogP contribution in [-0.2, 0) is 7.05 Å². The molecular formula is C12H18N4S. The Hall–Kier alpha value is -1.20. The molecule has 2 heterocycles. The second kappa shape index (κ2) is 4.98. The maximum atomic E-state index is 4.70. The Morgan fingerprint density at radius 2 is 2.29 bits per heavy atom. The molecule has 2 aromatic rings. The first-order valence-corrected chi connectivity index (χ1v) is 6.60. The molecule has 0 aliphatic carbocycles. The van der Waals surface area contributed by atoms with Crippen LogP contribution in [0.4, 0.5) is 0 Å². The number of likely N-dealkylation sites (N-methyl/N-ethyl adjacent to an activating group) is 1. The van der Waals surface area contributed by atoms with Gasteiger partial charge in [0, 0.05) is 36.7 Å². The van der Waals surface area contributed by atoms with Crippen LogP contribution in [0.25, 0.3) is 11.3 Å². The van der Waals surface area contributed by atoms with Crippen molar-refractivity contribution in [3.05, 3.63) is 22.3 Å². The number of hydrogen-bond acceptors (Lipinski definition) is 4. The third-order valence-electron chi connectivity index (χ3n) is 2.74. The van der Waals surface area contributed by atoms with Gasteiger partial charge in [-0.15, -0.1) is 11.3 Å². The number of aryl methyl sites for hydroxylation is 2. The molecule has 0 spiro atoms. The highest BCUT2D eigenvalue weighted by Gasteiger charge is 2.13. The monoisotopic (exact) mass is 250 g/mol. The number of aromatic nitrogens is 3. The Morgan fingerprint density at radius 1 is 1.53 bits per heavy atom. The third-order valence-corrected chi connectivity index (χ3v) is 3.82. The molecule has 0 bridgehead atoms. The Balaban J connectivity index is 2.26. The van der Waals surface area contributed by atoms with E-state index in [0.717, 1.165) is 23.5 Å². The lowest BCUT2D eigenvalue weighted by Crippen LogP contribution is -2.14. The van der Waals surface area contributed by atoms with Gasteiger partial charge in [0.1, 0.15) is 0 Å². The number of hydrogen-bond donors (Lipinski definition) is 1. The lowest BCUT2D eigenvalue weighted by atomic mass is 10.2. The van der Waals surface area contributed by atoms with Crippen molar-refractivity contribution in [3.63, 3.8) is 0 Å². The topological polar surface area (TPSA) is 42.7 Å². The molecule has 17 heavy (non-hydrogen) atoms. The zero-order chi connectivity index (χ0) is 12.4.